The molecular formula is C39H29IrN4. The van der Waals surface area contributed by atoms with Crippen molar-refractivity contribution in [3.05, 3.63) is 146 Å². The molecule has 0 atom stereocenters. The van der Waals surface area contributed by atoms with E-state index in [0.717, 1.165) is 22.5 Å². The zero-order valence-electron chi connectivity index (χ0n) is 24.4. The zero-order chi connectivity index (χ0) is 28.9. The first-order chi connectivity index (χ1) is 21.2. The number of hydrogen-bond donors (Lipinski definition) is 0. The van der Waals surface area contributed by atoms with Crippen LogP contribution in [0.3, 0.4) is 0 Å². The predicted molar refractivity (Wildman–Crippen MR) is 179 cm³/mol. The molecule has 8 aromatic rings. The SMILES string of the molecule is CC(C)N1[CH-]N(c2[c-]c3c(cc2)c2cccc4c5ccccc5n3c24)c2ccccc21.[Ir+3].[c-]1ccccc1-c1ccccn1. The Bertz CT molecular complexity index is 2170. The van der Waals surface area contributed by atoms with Gasteiger partial charge >= 0.3 is 20.1 Å². The Labute approximate surface area is 270 Å². The quantitative estimate of drug-likeness (QED) is 0.169. The summed E-state index contributed by atoms with van der Waals surface area (Å²) in [4.78, 5) is 8.81. The van der Waals surface area contributed by atoms with Gasteiger partial charge in [0.15, 0.2) is 0 Å². The average Bonchev–Trinajstić information content (AvgIpc) is 3.73. The van der Waals surface area contributed by atoms with Crippen LogP contribution in [0.15, 0.2) is 128 Å². The third-order valence-electron chi connectivity index (χ3n) is 8.24. The summed E-state index contributed by atoms with van der Waals surface area (Å²) < 4.78 is 2.39. The van der Waals surface area contributed by atoms with Crippen LogP contribution in [0, 0.1) is 18.8 Å². The van der Waals surface area contributed by atoms with Gasteiger partial charge in [-0.3, -0.25) is 0 Å². The fourth-order valence-electron chi connectivity index (χ4n) is 6.29. The summed E-state index contributed by atoms with van der Waals surface area (Å²) in [7, 11) is 0. The Morgan fingerprint density at radius 3 is 2.18 bits per heavy atom. The Hall–Kier alpha value is -4.70. The molecule has 0 aliphatic carbocycles. The molecule has 214 valence electrons. The molecule has 0 N–H and O–H groups in total. The Morgan fingerprint density at radius 1 is 0.682 bits per heavy atom. The maximum absolute atomic E-state index is 4.22. The van der Waals surface area contributed by atoms with Crippen LogP contribution in [0.25, 0.3) is 49.4 Å². The number of aromatic nitrogens is 2. The molecule has 1 aliphatic rings. The second-order valence-electron chi connectivity index (χ2n) is 11.1. The number of benzene rings is 5. The molecule has 1 aliphatic heterocycles. The van der Waals surface area contributed by atoms with E-state index in [1.165, 1.54) is 44.0 Å². The van der Waals surface area contributed by atoms with Crippen molar-refractivity contribution < 1.29 is 20.1 Å². The standard InChI is InChI=1S/C28H21N3.C11H8N.Ir/c1-18(2)29-17-30(26-13-6-5-12-25(26)29)19-14-15-21-23-10-7-9-22-20-8-3-4-11-24(20)31(28(22)23)27(21)16-19;1-2-6-10(7-3-1)11-8-4-5-9-12-11;/h3-15,17-18H,1-2H3;1-6,8-9H;/q-2;-1;+3. The van der Waals surface area contributed by atoms with E-state index in [-0.39, 0.29) is 20.1 Å². The van der Waals surface area contributed by atoms with E-state index >= 15 is 0 Å². The van der Waals surface area contributed by atoms with Crippen LogP contribution in [0.1, 0.15) is 13.8 Å². The number of hydrogen-bond acceptors (Lipinski definition) is 3. The van der Waals surface area contributed by atoms with Crippen molar-refractivity contribution in [1.82, 2.24) is 9.38 Å². The van der Waals surface area contributed by atoms with Crippen LogP contribution in [0.4, 0.5) is 17.1 Å². The molecule has 0 fully saturated rings. The van der Waals surface area contributed by atoms with Crippen molar-refractivity contribution in [1.29, 1.82) is 0 Å². The number of pyridine rings is 1. The first-order valence-corrected chi connectivity index (χ1v) is 14.7. The molecular weight excluding hydrogens is 717 g/mol. The van der Waals surface area contributed by atoms with Crippen molar-refractivity contribution >= 4 is 55.2 Å². The number of rotatable bonds is 3. The normalized spacial score (nSPS) is 12.6. The monoisotopic (exact) mass is 746 g/mol. The molecule has 0 saturated heterocycles. The summed E-state index contributed by atoms with van der Waals surface area (Å²) in [6, 6.07) is 49.3. The minimum absolute atomic E-state index is 0. The maximum atomic E-state index is 4.22. The van der Waals surface area contributed by atoms with Gasteiger partial charge in [-0.15, -0.1) is 59.1 Å². The van der Waals surface area contributed by atoms with E-state index in [1.807, 2.05) is 42.5 Å². The Balaban J connectivity index is 0.000000203. The second-order valence-corrected chi connectivity index (χ2v) is 11.1. The van der Waals surface area contributed by atoms with Gasteiger partial charge < -0.3 is 19.2 Å². The van der Waals surface area contributed by atoms with Crippen LogP contribution < -0.4 is 9.80 Å². The Morgan fingerprint density at radius 2 is 1.41 bits per heavy atom. The van der Waals surface area contributed by atoms with Gasteiger partial charge in [0.05, 0.1) is 5.52 Å². The van der Waals surface area contributed by atoms with Gasteiger partial charge in [0, 0.05) is 33.9 Å². The molecule has 4 nitrogen and oxygen atoms in total. The molecule has 0 unspecified atom stereocenters. The summed E-state index contributed by atoms with van der Waals surface area (Å²) in [5.41, 5.74) is 9.19. The summed E-state index contributed by atoms with van der Waals surface area (Å²) in [5, 5.41) is 5.15. The fraction of sp³-hybridized carbons (Fsp3) is 0.0769. The predicted octanol–water partition coefficient (Wildman–Crippen LogP) is 9.67. The fourth-order valence-corrected chi connectivity index (χ4v) is 6.29. The van der Waals surface area contributed by atoms with Gasteiger partial charge in [0.1, 0.15) is 0 Å². The molecule has 3 aromatic heterocycles. The summed E-state index contributed by atoms with van der Waals surface area (Å²) >= 11 is 0. The molecule has 9 rings (SSSR count). The van der Waals surface area contributed by atoms with Crippen LogP contribution in [0.2, 0.25) is 0 Å². The van der Waals surface area contributed by atoms with E-state index in [2.05, 4.69) is 131 Å². The van der Waals surface area contributed by atoms with Crippen LogP contribution >= 0.6 is 0 Å². The summed E-state index contributed by atoms with van der Waals surface area (Å²) in [6.45, 7) is 6.66. The van der Waals surface area contributed by atoms with Crippen molar-refractivity contribution in [2.24, 2.45) is 0 Å². The third kappa shape index (κ3) is 4.52. The Kier molecular flexibility index (Phi) is 7.29. The number of anilines is 3. The van der Waals surface area contributed by atoms with E-state index in [0.29, 0.717) is 6.04 Å². The molecule has 0 saturated carbocycles. The second kappa shape index (κ2) is 11.4. The van der Waals surface area contributed by atoms with E-state index in [1.54, 1.807) is 6.20 Å². The summed E-state index contributed by atoms with van der Waals surface area (Å²) in [6.07, 6.45) is 1.79. The van der Waals surface area contributed by atoms with E-state index < -0.39 is 0 Å². The zero-order valence-corrected chi connectivity index (χ0v) is 26.8. The van der Waals surface area contributed by atoms with Gasteiger partial charge in [0.2, 0.25) is 0 Å². The van der Waals surface area contributed by atoms with Gasteiger partial charge in [-0.1, -0.05) is 66.2 Å². The first kappa shape index (κ1) is 28.1. The number of para-hydroxylation sites is 4. The van der Waals surface area contributed by atoms with Gasteiger partial charge in [0.25, 0.3) is 0 Å². The molecule has 0 amide bonds. The smallest absolute Gasteiger partial charge is 0.499 e. The summed E-state index contributed by atoms with van der Waals surface area (Å²) in [5.74, 6) is 0. The minimum Gasteiger partial charge on any atom is -0.499 e. The molecule has 5 heteroatoms. The molecule has 0 spiro atoms. The van der Waals surface area contributed by atoms with Crippen LogP contribution in [-0.2, 0) is 20.1 Å². The first-order valence-electron chi connectivity index (χ1n) is 14.7. The molecule has 0 radical (unpaired) electrons. The average molecular weight is 746 g/mol. The topological polar surface area (TPSA) is 23.8 Å². The number of nitrogens with zero attached hydrogens (tertiary/aromatic N) is 4. The van der Waals surface area contributed by atoms with Crippen LogP contribution in [-0.4, -0.2) is 15.4 Å². The van der Waals surface area contributed by atoms with Gasteiger partial charge in [-0.2, -0.15) is 12.7 Å². The van der Waals surface area contributed by atoms with E-state index in [4.69, 9.17) is 0 Å². The van der Waals surface area contributed by atoms with Gasteiger partial charge in [-0.25, -0.2) is 0 Å². The van der Waals surface area contributed by atoms with Crippen molar-refractivity contribution in [2.45, 2.75) is 19.9 Å². The molecule has 4 heterocycles. The van der Waals surface area contributed by atoms with Crippen LogP contribution in [0.5, 0.6) is 0 Å². The number of fused-ring (bicyclic) bond motifs is 7. The van der Waals surface area contributed by atoms with Crippen molar-refractivity contribution in [2.75, 3.05) is 9.80 Å². The van der Waals surface area contributed by atoms with E-state index in [9.17, 15) is 0 Å². The molecule has 44 heavy (non-hydrogen) atoms. The van der Waals surface area contributed by atoms with Crippen molar-refractivity contribution in [3.8, 4) is 11.3 Å². The maximum Gasteiger partial charge on any atom is 3.00 e. The largest absolute Gasteiger partial charge is 3.00 e. The molecule has 5 aromatic carbocycles. The van der Waals surface area contributed by atoms with Crippen molar-refractivity contribution in [3.63, 3.8) is 0 Å². The molecule has 0 bridgehead atoms. The minimum atomic E-state index is 0. The van der Waals surface area contributed by atoms with Gasteiger partial charge in [-0.05, 0) is 55.2 Å². The third-order valence-corrected chi connectivity index (χ3v) is 8.24.